The minimum atomic E-state index is -1.05. The van der Waals surface area contributed by atoms with Crippen molar-refractivity contribution in [2.24, 2.45) is 0 Å². The molecule has 0 aromatic heterocycles. The van der Waals surface area contributed by atoms with E-state index >= 15 is 0 Å². The van der Waals surface area contributed by atoms with E-state index in [0.29, 0.717) is 5.92 Å². The minimum absolute atomic E-state index is 0.168. The van der Waals surface area contributed by atoms with Crippen molar-refractivity contribution in [3.63, 3.8) is 0 Å². The van der Waals surface area contributed by atoms with Crippen molar-refractivity contribution in [3.8, 4) is 34.1 Å². The molecule has 0 bridgehead atoms. The van der Waals surface area contributed by atoms with Crippen LogP contribution in [0, 0.1) is 62.3 Å². The maximum absolute atomic E-state index is 6.52. The average Bonchev–Trinajstić information content (AvgIpc) is 3.91. The van der Waals surface area contributed by atoms with Gasteiger partial charge in [0.25, 0.3) is 0 Å². The zero-order valence-corrected chi connectivity index (χ0v) is 44.2. The molecule has 65 heavy (non-hydrogen) atoms. The van der Waals surface area contributed by atoms with E-state index in [-0.39, 0.29) is 28.7 Å². The van der Waals surface area contributed by atoms with Gasteiger partial charge in [0.2, 0.25) is 13.6 Å². The third-order valence-electron chi connectivity index (χ3n) is 11.4. The summed E-state index contributed by atoms with van der Waals surface area (Å²) >= 11 is -0.346. The van der Waals surface area contributed by atoms with Crippen LogP contribution in [0.25, 0.3) is 11.1 Å². The summed E-state index contributed by atoms with van der Waals surface area (Å²) in [5.74, 6) is 3.68. The van der Waals surface area contributed by atoms with Gasteiger partial charge < -0.3 is 18.9 Å². The summed E-state index contributed by atoms with van der Waals surface area (Å²) in [6.45, 7) is 24.4. The Labute approximate surface area is 405 Å². The molecule has 7 aromatic rings. The number of aryl methyl sites for hydroxylation is 9. The Morgan fingerprint density at radius 3 is 0.969 bits per heavy atom. The number of benzene rings is 7. The van der Waals surface area contributed by atoms with Gasteiger partial charge in [-0.2, -0.15) is 0 Å². The number of fused-ring (bicyclic) bond motifs is 2. The third kappa shape index (κ3) is 11.5. The van der Waals surface area contributed by atoms with E-state index in [1.165, 1.54) is 87.5 Å². The average molecular weight is 1030 g/mol. The SMILES string of the molecule is Cc1cc(C)cc(P(c2cc(C)cc(C)c2)c2ccc3c(c2-c2c(P(c4cc(C)cc(C)c4)c4cc(C)cc(C)c4)ccc4c2OCO4)OCO3)c1.Cc1ccc(C(C)C)cc1.[Cl][Ru][Cl]. The van der Waals surface area contributed by atoms with Gasteiger partial charge in [-0.25, -0.2) is 0 Å². The molecule has 0 N–H and O–H groups in total. The molecule has 2 heterocycles. The summed E-state index contributed by atoms with van der Waals surface area (Å²) in [6, 6.07) is 45.4. The summed E-state index contributed by atoms with van der Waals surface area (Å²) in [6.07, 6.45) is 0. The van der Waals surface area contributed by atoms with Gasteiger partial charge in [0.05, 0.1) is 0 Å². The Kier molecular flexibility index (Phi) is 16.2. The first-order valence-corrected chi connectivity index (χ1v) is 29.0. The molecule has 4 nitrogen and oxygen atoms in total. The number of hydrogen-bond donors (Lipinski definition) is 0. The zero-order chi connectivity index (χ0) is 46.5. The standard InChI is InChI=1S/C46H44O4P2.C10H14.2ClH.Ru/c1-27-13-28(2)18-35(17-27)51(36-19-29(3)14-30(4)20-36)41-11-9-39-45(49-25-47-39)43(41)44-42(12-10-40-46(44)50-26-48-40)52(37-21-31(5)15-32(6)22-37)38-23-33(7)16-34(8)24-38;1-8(2)10-6-4-9(3)5-7-10;;;/h9-24H,25-26H2,1-8H3;4-8H,1-3H3;2*1H;/q;;;;+2/p-2. The number of rotatable bonds is 8. The van der Waals surface area contributed by atoms with E-state index in [4.69, 9.17) is 38.3 Å². The molecular formula is C56H58Cl2O4P2Ru. The summed E-state index contributed by atoms with van der Waals surface area (Å²) in [5.41, 5.74) is 14.8. The number of ether oxygens (including phenoxy) is 4. The summed E-state index contributed by atoms with van der Waals surface area (Å²) < 4.78 is 25.4. The van der Waals surface area contributed by atoms with E-state index in [1.54, 1.807) is 0 Å². The predicted molar refractivity (Wildman–Crippen MR) is 276 cm³/mol. The first kappa shape index (κ1) is 48.7. The predicted octanol–water partition coefficient (Wildman–Crippen LogP) is 13.3. The molecule has 0 aliphatic carbocycles. The van der Waals surface area contributed by atoms with Gasteiger partial charge in [0, 0.05) is 11.1 Å². The fourth-order valence-electron chi connectivity index (χ4n) is 8.90. The van der Waals surface area contributed by atoms with Crippen LogP contribution >= 0.6 is 35.2 Å². The molecule has 9 heteroatoms. The Bertz CT molecular complexity index is 2470. The van der Waals surface area contributed by atoms with Crippen LogP contribution in [0.5, 0.6) is 23.0 Å². The second kappa shape index (κ2) is 21.6. The first-order chi connectivity index (χ1) is 31.1. The van der Waals surface area contributed by atoms with Crippen molar-refractivity contribution in [3.05, 3.63) is 177 Å². The molecule has 0 atom stereocenters. The van der Waals surface area contributed by atoms with Gasteiger partial charge in [0.1, 0.15) is 0 Å². The van der Waals surface area contributed by atoms with Crippen molar-refractivity contribution < 1.29 is 34.1 Å². The molecule has 0 fully saturated rings. The fourth-order valence-corrected chi connectivity index (χ4v) is 14.6. The first-order valence-electron chi connectivity index (χ1n) is 21.8. The molecule has 0 radical (unpaired) electrons. The molecule has 2 aliphatic rings. The summed E-state index contributed by atoms with van der Waals surface area (Å²) in [5, 5.41) is 7.61. The maximum atomic E-state index is 6.52. The summed E-state index contributed by atoms with van der Waals surface area (Å²) in [4.78, 5) is 0. The molecule has 0 amide bonds. The van der Waals surface area contributed by atoms with Crippen molar-refractivity contribution >= 4 is 67.1 Å². The Balaban J connectivity index is 0.000000422. The molecule has 0 saturated carbocycles. The van der Waals surface area contributed by atoms with Gasteiger partial charge >= 0.3 is 34.5 Å². The van der Waals surface area contributed by atoms with Gasteiger partial charge in [-0.3, -0.25) is 0 Å². The van der Waals surface area contributed by atoms with Crippen LogP contribution in [-0.2, 0) is 15.1 Å². The fraction of sp³-hybridized carbons (Fsp3) is 0.250. The van der Waals surface area contributed by atoms with E-state index in [0.717, 1.165) is 34.1 Å². The molecular weight excluding hydrogens is 971 g/mol. The molecule has 0 saturated heterocycles. The second-order valence-corrected chi connectivity index (χ2v) is 24.6. The molecule has 7 aromatic carbocycles. The quantitative estimate of drug-likeness (QED) is 0.112. The number of halogens is 2. The Hall–Kier alpha value is -4.20. The normalized spacial score (nSPS) is 12.4. The monoisotopic (exact) mass is 1030 g/mol. The second-order valence-electron chi connectivity index (χ2n) is 17.6. The van der Waals surface area contributed by atoms with Crippen molar-refractivity contribution in [1.29, 1.82) is 0 Å². The van der Waals surface area contributed by atoms with Crippen LogP contribution in [-0.4, -0.2) is 13.6 Å². The van der Waals surface area contributed by atoms with Gasteiger partial charge in [-0.15, -0.1) is 0 Å². The summed E-state index contributed by atoms with van der Waals surface area (Å²) in [7, 11) is 7.60. The van der Waals surface area contributed by atoms with Crippen LogP contribution < -0.4 is 50.8 Å². The van der Waals surface area contributed by atoms with Crippen LogP contribution in [0.1, 0.15) is 75.4 Å². The van der Waals surface area contributed by atoms with Crippen molar-refractivity contribution in [2.45, 2.75) is 82.1 Å². The zero-order valence-electron chi connectivity index (χ0n) is 39.2. The van der Waals surface area contributed by atoms with Crippen LogP contribution in [0.2, 0.25) is 0 Å². The molecule has 0 spiro atoms. The number of hydrogen-bond acceptors (Lipinski definition) is 4. The molecule has 338 valence electrons. The van der Waals surface area contributed by atoms with Crippen LogP contribution in [0.4, 0.5) is 0 Å². The van der Waals surface area contributed by atoms with Crippen LogP contribution in [0.15, 0.2) is 121 Å². The molecule has 2 aliphatic heterocycles. The Morgan fingerprint density at radius 2 is 0.692 bits per heavy atom. The Morgan fingerprint density at radius 1 is 0.400 bits per heavy atom. The molecule has 9 rings (SSSR count). The van der Waals surface area contributed by atoms with Gasteiger partial charge in [-0.05, 0) is 146 Å². The van der Waals surface area contributed by atoms with E-state index < -0.39 is 15.8 Å². The van der Waals surface area contributed by atoms with E-state index in [2.05, 4.69) is 197 Å². The molecule has 0 unspecified atom stereocenters. The topological polar surface area (TPSA) is 36.9 Å². The van der Waals surface area contributed by atoms with Gasteiger partial charge in [0.15, 0.2) is 23.0 Å². The van der Waals surface area contributed by atoms with Crippen molar-refractivity contribution in [1.82, 2.24) is 0 Å². The van der Waals surface area contributed by atoms with E-state index in [1.807, 2.05) is 0 Å². The third-order valence-corrected chi connectivity index (χ3v) is 16.2. The van der Waals surface area contributed by atoms with Crippen LogP contribution in [0.3, 0.4) is 0 Å². The van der Waals surface area contributed by atoms with E-state index in [9.17, 15) is 0 Å². The van der Waals surface area contributed by atoms with Gasteiger partial charge in [-0.1, -0.05) is 161 Å². The van der Waals surface area contributed by atoms with Crippen molar-refractivity contribution in [2.75, 3.05) is 13.6 Å².